The SMILES string of the molecule is CCCC(=O)N1C(=O)c2ccccc2C1(O)CCC. The molecule has 0 aliphatic carbocycles. The van der Waals surface area contributed by atoms with Gasteiger partial charge in [0, 0.05) is 17.5 Å². The summed E-state index contributed by atoms with van der Waals surface area (Å²) in [4.78, 5) is 25.6. The molecule has 0 bridgehead atoms. The molecular weight excluding hydrogens is 242 g/mol. The number of imide groups is 1. The molecule has 4 nitrogen and oxygen atoms in total. The van der Waals surface area contributed by atoms with Crippen LogP contribution in [-0.2, 0) is 10.5 Å². The van der Waals surface area contributed by atoms with Crippen molar-refractivity contribution in [1.29, 1.82) is 0 Å². The Morgan fingerprint density at radius 3 is 2.58 bits per heavy atom. The minimum atomic E-state index is -1.48. The van der Waals surface area contributed by atoms with E-state index in [1.165, 1.54) is 0 Å². The van der Waals surface area contributed by atoms with Crippen molar-refractivity contribution >= 4 is 11.8 Å². The average molecular weight is 261 g/mol. The first-order chi connectivity index (χ1) is 9.06. The molecule has 1 unspecified atom stereocenters. The van der Waals surface area contributed by atoms with E-state index in [9.17, 15) is 14.7 Å². The number of fused-ring (bicyclic) bond motifs is 1. The summed E-state index contributed by atoms with van der Waals surface area (Å²) in [6, 6.07) is 6.91. The maximum absolute atomic E-state index is 12.3. The van der Waals surface area contributed by atoms with Crippen molar-refractivity contribution in [3.63, 3.8) is 0 Å². The van der Waals surface area contributed by atoms with E-state index in [0.29, 0.717) is 30.4 Å². The van der Waals surface area contributed by atoms with Crippen LogP contribution in [0.5, 0.6) is 0 Å². The zero-order chi connectivity index (χ0) is 14.0. The van der Waals surface area contributed by atoms with Crippen LogP contribution in [0, 0.1) is 0 Å². The number of benzene rings is 1. The number of amides is 2. The van der Waals surface area contributed by atoms with Crippen LogP contribution in [0.3, 0.4) is 0 Å². The smallest absolute Gasteiger partial charge is 0.263 e. The molecule has 1 aliphatic rings. The maximum atomic E-state index is 12.3. The van der Waals surface area contributed by atoms with E-state index in [1.54, 1.807) is 24.3 Å². The van der Waals surface area contributed by atoms with Gasteiger partial charge in [-0.1, -0.05) is 38.5 Å². The van der Waals surface area contributed by atoms with Crippen LogP contribution in [0.1, 0.15) is 55.5 Å². The lowest BCUT2D eigenvalue weighted by Gasteiger charge is -2.32. The Hall–Kier alpha value is -1.68. The fraction of sp³-hybridized carbons (Fsp3) is 0.467. The molecule has 2 rings (SSSR count). The molecule has 1 atom stereocenters. The molecule has 0 radical (unpaired) electrons. The quantitative estimate of drug-likeness (QED) is 0.905. The molecule has 1 N–H and O–H groups in total. The predicted molar refractivity (Wildman–Crippen MR) is 71.3 cm³/mol. The van der Waals surface area contributed by atoms with Crippen molar-refractivity contribution < 1.29 is 14.7 Å². The Labute approximate surface area is 113 Å². The summed E-state index contributed by atoms with van der Waals surface area (Å²) in [5.41, 5.74) is -0.497. The third-order valence-electron chi connectivity index (χ3n) is 3.47. The van der Waals surface area contributed by atoms with Gasteiger partial charge in [0.15, 0.2) is 5.72 Å². The summed E-state index contributed by atoms with van der Waals surface area (Å²) in [5.74, 6) is -0.690. The summed E-state index contributed by atoms with van der Waals surface area (Å²) in [6.07, 6.45) is 1.98. The second kappa shape index (κ2) is 5.13. The van der Waals surface area contributed by atoms with Gasteiger partial charge in [0.1, 0.15) is 0 Å². The van der Waals surface area contributed by atoms with Crippen molar-refractivity contribution in [3.8, 4) is 0 Å². The highest BCUT2D eigenvalue weighted by molar-refractivity contribution is 6.09. The Bertz CT molecular complexity index is 512. The summed E-state index contributed by atoms with van der Waals surface area (Å²) in [5, 5.41) is 10.9. The number of aliphatic hydroxyl groups is 1. The molecule has 0 aromatic heterocycles. The van der Waals surface area contributed by atoms with Gasteiger partial charge >= 0.3 is 0 Å². The number of carbonyl (C=O) groups is 2. The normalized spacial score (nSPS) is 21.6. The fourth-order valence-corrected chi connectivity index (χ4v) is 2.67. The van der Waals surface area contributed by atoms with Gasteiger partial charge < -0.3 is 5.11 Å². The van der Waals surface area contributed by atoms with Crippen molar-refractivity contribution in [2.45, 2.75) is 45.3 Å². The molecular formula is C15H19NO3. The summed E-state index contributed by atoms with van der Waals surface area (Å²) < 4.78 is 0. The van der Waals surface area contributed by atoms with E-state index >= 15 is 0 Å². The summed E-state index contributed by atoms with van der Waals surface area (Å²) in [6.45, 7) is 3.80. The number of hydrogen-bond donors (Lipinski definition) is 1. The van der Waals surface area contributed by atoms with Crippen LogP contribution in [0.2, 0.25) is 0 Å². The Morgan fingerprint density at radius 1 is 1.26 bits per heavy atom. The molecule has 1 aliphatic heterocycles. The van der Waals surface area contributed by atoms with E-state index in [4.69, 9.17) is 0 Å². The van der Waals surface area contributed by atoms with Gasteiger partial charge in [0.05, 0.1) is 0 Å². The number of hydrogen-bond acceptors (Lipinski definition) is 3. The van der Waals surface area contributed by atoms with Gasteiger partial charge in [-0.25, -0.2) is 4.90 Å². The number of nitrogens with zero attached hydrogens (tertiary/aromatic N) is 1. The molecule has 0 saturated carbocycles. The van der Waals surface area contributed by atoms with Gasteiger partial charge in [-0.2, -0.15) is 0 Å². The Balaban J connectivity index is 2.50. The van der Waals surface area contributed by atoms with E-state index in [0.717, 1.165) is 4.90 Å². The third kappa shape index (κ3) is 2.06. The van der Waals surface area contributed by atoms with Crippen molar-refractivity contribution in [3.05, 3.63) is 35.4 Å². The predicted octanol–water partition coefficient (Wildman–Crippen LogP) is 2.41. The van der Waals surface area contributed by atoms with E-state index < -0.39 is 5.72 Å². The van der Waals surface area contributed by atoms with Crippen LogP contribution >= 0.6 is 0 Å². The zero-order valence-corrected chi connectivity index (χ0v) is 11.3. The number of carbonyl (C=O) groups excluding carboxylic acids is 2. The van der Waals surface area contributed by atoms with Gasteiger partial charge in [-0.05, 0) is 18.9 Å². The Kier molecular flexibility index (Phi) is 3.71. The second-order valence-electron chi connectivity index (χ2n) is 4.90. The van der Waals surface area contributed by atoms with Gasteiger partial charge in [-0.3, -0.25) is 9.59 Å². The van der Waals surface area contributed by atoms with Gasteiger partial charge in [0.2, 0.25) is 5.91 Å². The third-order valence-corrected chi connectivity index (χ3v) is 3.47. The van der Waals surface area contributed by atoms with Crippen molar-refractivity contribution in [2.75, 3.05) is 0 Å². The topological polar surface area (TPSA) is 57.6 Å². The molecule has 4 heteroatoms. The van der Waals surface area contributed by atoms with E-state index in [1.807, 2.05) is 13.8 Å². The van der Waals surface area contributed by atoms with Crippen LogP contribution in [-0.4, -0.2) is 21.8 Å². The maximum Gasteiger partial charge on any atom is 0.263 e. The molecule has 0 saturated heterocycles. The molecule has 0 fully saturated rings. The molecule has 2 amide bonds. The first kappa shape index (κ1) is 13.7. The standard InChI is InChI=1S/C15H19NO3/c1-3-7-13(17)16-14(18)11-8-5-6-9-12(11)15(16,19)10-4-2/h5-6,8-9,19H,3-4,7,10H2,1-2H3. The lowest BCUT2D eigenvalue weighted by atomic mass is 9.97. The first-order valence-electron chi connectivity index (χ1n) is 6.75. The minimum absolute atomic E-state index is 0.270. The molecule has 102 valence electrons. The highest BCUT2D eigenvalue weighted by atomic mass is 16.3. The van der Waals surface area contributed by atoms with Crippen LogP contribution < -0.4 is 0 Å². The van der Waals surface area contributed by atoms with Crippen molar-refractivity contribution in [1.82, 2.24) is 4.90 Å². The minimum Gasteiger partial charge on any atom is -0.366 e. The van der Waals surface area contributed by atoms with E-state index in [2.05, 4.69) is 0 Å². The molecule has 1 heterocycles. The largest absolute Gasteiger partial charge is 0.366 e. The molecule has 0 spiro atoms. The molecule has 1 aromatic carbocycles. The average Bonchev–Trinajstić information content (AvgIpc) is 2.60. The van der Waals surface area contributed by atoms with Crippen LogP contribution in [0.4, 0.5) is 0 Å². The van der Waals surface area contributed by atoms with E-state index in [-0.39, 0.29) is 18.2 Å². The van der Waals surface area contributed by atoms with Gasteiger partial charge in [-0.15, -0.1) is 0 Å². The van der Waals surface area contributed by atoms with Crippen LogP contribution in [0.15, 0.2) is 24.3 Å². The zero-order valence-electron chi connectivity index (χ0n) is 11.3. The summed E-state index contributed by atoms with van der Waals surface area (Å²) in [7, 11) is 0. The molecule has 1 aromatic rings. The fourth-order valence-electron chi connectivity index (χ4n) is 2.67. The lowest BCUT2D eigenvalue weighted by molar-refractivity contribution is -0.152. The summed E-state index contributed by atoms with van der Waals surface area (Å²) >= 11 is 0. The first-order valence-corrected chi connectivity index (χ1v) is 6.75. The highest BCUT2D eigenvalue weighted by Crippen LogP contribution is 2.40. The molecule has 19 heavy (non-hydrogen) atoms. The van der Waals surface area contributed by atoms with Gasteiger partial charge in [0.25, 0.3) is 5.91 Å². The van der Waals surface area contributed by atoms with Crippen molar-refractivity contribution in [2.24, 2.45) is 0 Å². The monoisotopic (exact) mass is 261 g/mol. The highest BCUT2D eigenvalue weighted by Gasteiger charge is 2.50. The second-order valence-corrected chi connectivity index (χ2v) is 4.90. The Morgan fingerprint density at radius 2 is 1.95 bits per heavy atom. The number of rotatable bonds is 4. The lowest BCUT2D eigenvalue weighted by Crippen LogP contribution is -2.47. The van der Waals surface area contributed by atoms with Crippen LogP contribution in [0.25, 0.3) is 0 Å².